The van der Waals surface area contributed by atoms with Crippen molar-refractivity contribution in [3.8, 4) is 0 Å². The van der Waals surface area contributed by atoms with E-state index in [4.69, 9.17) is 11.6 Å². The van der Waals surface area contributed by atoms with Crippen LogP contribution in [0.25, 0.3) is 6.08 Å². The van der Waals surface area contributed by atoms with Gasteiger partial charge in [0.1, 0.15) is 0 Å². The molecule has 0 aliphatic carbocycles. The van der Waals surface area contributed by atoms with Gasteiger partial charge in [-0.05, 0) is 17.7 Å². The lowest BCUT2D eigenvalue weighted by atomic mass is 10.2. The van der Waals surface area contributed by atoms with Gasteiger partial charge in [-0.15, -0.1) is 11.3 Å². The molecule has 0 aliphatic rings. The first kappa shape index (κ1) is 12.8. The molecule has 0 aliphatic heterocycles. The van der Waals surface area contributed by atoms with Crippen molar-refractivity contribution >= 4 is 34.9 Å². The van der Waals surface area contributed by atoms with Crippen molar-refractivity contribution in [2.24, 2.45) is 12.0 Å². The molecule has 0 N–H and O–H groups in total. The van der Waals surface area contributed by atoms with Crippen molar-refractivity contribution in [2.75, 3.05) is 0 Å². The van der Waals surface area contributed by atoms with Crippen LogP contribution >= 0.6 is 22.9 Å². The maximum absolute atomic E-state index is 11.6. The number of benzene rings is 1. The minimum atomic E-state index is -0.298. The molecular weight excluding hydrogens is 268 g/mol. The molecule has 1 amide bonds. The highest BCUT2D eigenvalue weighted by molar-refractivity contribution is 7.07. The Labute approximate surface area is 114 Å². The second-order valence-corrected chi connectivity index (χ2v) is 4.88. The molecule has 0 unspecified atom stereocenters. The minimum Gasteiger partial charge on any atom is -0.327 e. The summed E-state index contributed by atoms with van der Waals surface area (Å²) in [6.45, 7) is 0. The summed E-state index contributed by atoms with van der Waals surface area (Å²) in [5.41, 5.74) is 0.804. The van der Waals surface area contributed by atoms with Gasteiger partial charge in [-0.1, -0.05) is 29.8 Å². The van der Waals surface area contributed by atoms with Crippen LogP contribution in [0.3, 0.4) is 0 Å². The van der Waals surface area contributed by atoms with Crippen LogP contribution < -0.4 is 4.80 Å². The number of carbonyl (C=O) groups is 1. The monoisotopic (exact) mass is 278 g/mol. The molecule has 0 bridgehead atoms. The maximum atomic E-state index is 11.6. The van der Waals surface area contributed by atoms with Crippen LogP contribution in [-0.4, -0.2) is 10.5 Å². The number of hydrogen-bond acceptors (Lipinski definition) is 2. The first-order valence-corrected chi connectivity index (χ1v) is 6.54. The van der Waals surface area contributed by atoms with E-state index in [1.165, 1.54) is 17.4 Å². The van der Waals surface area contributed by atoms with E-state index in [0.29, 0.717) is 9.82 Å². The molecule has 0 spiro atoms. The molecular formula is C13H11ClN2OS. The molecule has 1 aromatic carbocycles. The van der Waals surface area contributed by atoms with Crippen molar-refractivity contribution in [2.45, 2.75) is 0 Å². The van der Waals surface area contributed by atoms with Crippen molar-refractivity contribution in [1.82, 2.24) is 4.57 Å². The van der Waals surface area contributed by atoms with Gasteiger partial charge in [0, 0.05) is 29.7 Å². The van der Waals surface area contributed by atoms with Crippen LogP contribution in [0.5, 0.6) is 0 Å². The summed E-state index contributed by atoms with van der Waals surface area (Å²) >= 11 is 7.40. The van der Waals surface area contributed by atoms with Gasteiger partial charge in [0.25, 0.3) is 5.91 Å². The quantitative estimate of drug-likeness (QED) is 0.778. The number of halogens is 1. The van der Waals surface area contributed by atoms with Crippen LogP contribution in [0.2, 0.25) is 5.02 Å². The fourth-order valence-electron chi connectivity index (χ4n) is 1.34. The SMILES string of the molecule is Cn1ccsc1=NC(=O)/C=C/c1ccccc1Cl. The molecule has 0 atom stereocenters. The molecule has 92 valence electrons. The summed E-state index contributed by atoms with van der Waals surface area (Å²) < 4.78 is 1.80. The predicted molar refractivity (Wildman–Crippen MR) is 74.3 cm³/mol. The topological polar surface area (TPSA) is 34.4 Å². The van der Waals surface area contributed by atoms with E-state index < -0.39 is 0 Å². The molecule has 2 aromatic rings. The molecule has 0 fully saturated rings. The smallest absolute Gasteiger partial charge is 0.272 e. The van der Waals surface area contributed by atoms with E-state index in [9.17, 15) is 4.79 Å². The molecule has 0 saturated heterocycles. The van der Waals surface area contributed by atoms with Crippen LogP contribution in [0, 0.1) is 0 Å². The molecule has 2 rings (SSSR count). The lowest BCUT2D eigenvalue weighted by Gasteiger charge is -1.95. The third-order valence-corrected chi connectivity index (χ3v) is 3.47. The Morgan fingerprint density at radius 2 is 2.22 bits per heavy atom. The number of thiazole rings is 1. The zero-order valence-corrected chi connectivity index (χ0v) is 11.3. The van der Waals surface area contributed by atoms with Gasteiger partial charge >= 0.3 is 0 Å². The van der Waals surface area contributed by atoms with Gasteiger partial charge in [-0.3, -0.25) is 4.79 Å². The number of carbonyl (C=O) groups excluding carboxylic acids is 1. The summed E-state index contributed by atoms with van der Waals surface area (Å²) in [7, 11) is 1.85. The van der Waals surface area contributed by atoms with Gasteiger partial charge in [0.05, 0.1) is 0 Å². The average Bonchev–Trinajstić information content (AvgIpc) is 2.74. The zero-order chi connectivity index (χ0) is 13.0. The summed E-state index contributed by atoms with van der Waals surface area (Å²) in [6.07, 6.45) is 4.94. The fourth-order valence-corrected chi connectivity index (χ4v) is 2.27. The maximum Gasteiger partial charge on any atom is 0.272 e. The molecule has 0 saturated carbocycles. The molecule has 3 nitrogen and oxygen atoms in total. The zero-order valence-electron chi connectivity index (χ0n) is 9.71. The summed E-state index contributed by atoms with van der Waals surface area (Å²) in [5, 5.41) is 2.49. The predicted octanol–water partition coefficient (Wildman–Crippen LogP) is 2.88. The summed E-state index contributed by atoms with van der Waals surface area (Å²) in [5.74, 6) is -0.298. The van der Waals surface area contributed by atoms with Crippen molar-refractivity contribution < 1.29 is 4.79 Å². The molecule has 1 heterocycles. The standard InChI is InChI=1S/C13H11ClN2OS/c1-16-8-9-18-13(16)15-12(17)7-6-10-4-2-3-5-11(10)14/h2-9H,1H3/b7-6+,15-13?. The normalized spacial score (nSPS) is 12.2. The van der Waals surface area contributed by atoms with Gasteiger partial charge in [0.2, 0.25) is 0 Å². The van der Waals surface area contributed by atoms with E-state index in [-0.39, 0.29) is 5.91 Å². The first-order chi connectivity index (χ1) is 8.66. The average molecular weight is 279 g/mol. The van der Waals surface area contributed by atoms with E-state index in [2.05, 4.69) is 4.99 Å². The Balaban J connectivity index is 2.19. The Kier molecular flexibility index (Phi) is 4.12. The molecule has 5 heteroatoms. The second kappa shape index (κ2) is 5.80. The number of aryl methyl sites for hydroxylation is 1. The van der Waals surface area contributed by atoms with Gasteiger partial charge < -0.3 is 4.57 Å². The Morgan fingerprint density at radius 1 is 1.44 bits per heavy atom. The lowest BCUT2D eigenvalue weighted by molar-refractivity contribution is -0.113. The highest BCUT2D eigenvalue weighted by Crippen LogP contribution is 2.16. The van der Waals surface area contributed by atoms with Crippen LogP contribution in [0.4, 0.5) is 0 Å². The van der Waals surface area contributed by atoms with Crippen LogP contribution in [0.1, 0.15) is 5.56 Å². The van der Waals surface area contributed by atoms with Crippen molar-refractivity contribution in [3.63, 3.8) is 0 Å². The molecule has 18 heavy (non-hydrogen) atoms. The third-order valence-electron chi connectivity index (χ3n) is 2.28. The number of amides is 1. The van der Waals surface area contributed by atoms with E-state index in [1.807, 2.05) is 36.8 Å². The van der Waals surface area contributed by atoms with Gasteiger partial charge in [-0.25, -0.2) is 0 Å². The van der Waals surface area contributed by atoms with Gasteiger partial charge in [0.15, 0.2) is 4.80 Å². The van der Waals surface area contributed by atoms with Crippen LogP contribution in [0.15, 0.2) is 46.9 Å². The largest absolute Gasteiger partial charge is 0.327 e. The van der Waals surface area contributed by atoms with Crippen LogP contribution in [-0.2, 0) is 11.8 Å². The highest BCUT2D eigenvalue weighted by Gasteiger charge is 1.97. The number of nitrogens with zero attached hydrogens (tertiary/aromatic N) is 2. The first-order valence-electron chi connectivity index (χ1n) is 5.28. The highest BCUT2D eigenvalue weighted by atomic mass is 35.5. The molecule has 0 radical (unpaired) electrons. The Hall–Kier alpha value is -1.65. The second-order valence-electron chi connectivity index (χ2n) is 3.60. The summed E-state index contributed by atoms with van der Waals surface area (Å²) in [4.78, 5) is 16.3. The Bertz CT molecular complexity index is 655. The van der Waals surface area contributed by atoms with E-state index >= 15 is 0 Å². The number of aromatic nitrogens is 1. The minimum absolute atomic E-state index is 0.298. The molecule has 1 aromatic heterocycles. The fraction of sp³-hybridized carbons (Fsp3) is 0.0769. The third kappa shape index (κ3) is 3.18. The number of hydrogen-bond donors (Lipinski definition) is 0. The lowest BCUT2D eigenvalue weighted by Crippen LogP contribution is -2.11. The Morgan fingerprint density at radius 3 is 2.89 bits per heavy atom. The van der Waals surface area contributed by atoms with E-state index in [1.54, 1.807) is 16.7 Å². The summed E-state index contributed by atoms with van der Waals surface area (Å²) in [6, 6.07) is 7.34. The van der Waals surface area contributed by atoms with Gasteiger partial charge in [-0.2, -0.15) is 4.99 Å². The van der Waals surface area contributed by atoms with E-state index in [0.717, 1.165) is 5.56 Å². The number of rotatable bonds is 2. The van der Waals surface area contributed by atoms with Crippen molar-refractivity contribution in [3.05, 3.63) is 57.3 Å². The van der Waals surface area contributed by atoms with Crippen molar-refractivity contribution in [1.29, 1.82) is 0 Å².